The zero-order valence-corrected chi connectivity index (χ0v) is 9.28. The van der Waals surface area contributed by atoms with Gasteiger partial charge in [0.05, 0.1) is 0 Å². The van der Waals surface area contributed by atoms with E-state index in [-0.39, 0.29) is 12.5 Å². The third-order valence-corrected chi connectivity index (χ3v) is 2.23. The van der Waals surface area contributed by atoms with E-state index in [4.69, 9.17) is 10.8 Å². The summed E-state index contributed by atoms with van der Waals surface area (Å²) < 4.78 is 0. The van der Waals surface area contributed by atoms with Crippen molar-refractivity contribution >= 4 is 11.6 Å². The summed E-state index contributed by atoms with van der Waals surface area (Å²) in [6.07, 6.45) is 1.69. The van der Waals surface area contributed by atoms with Crippen LogP contribution in [0.3, 0.4) is 0 Å². The third kappa shape index (κ3) is 4.42. The molecular formula is C12H18N2O2. The number of hydrogen-bond donors (Lipinski definition) is 3. The van der Waals surface area contributed by atoms with Crippen LogP contribution in [0.2, 0.25) is 0 Å². The molecule has 0 saturated carbocycles. The minimum Gasteiger partial charge on any atom is -0.396 e. The number of nitrogens with two attached hydrogens (primary N) is 1. The van der Waals surface area contributed by atoms with Crippen molar-refractivity contribution in [2.24, 2.45) is 5.73 Å². The highest BCUT2D eigenvalue weighted by atomic mass is 16.3. The zero-order valence-electron chi connectivity index (χ0n) is 9.28. The van der Waals surface area contributed by atoms with Crippen LogP contribution in [0.15, 0.2) is 24.3 Å². The van der Waals surface area contributed by atoms with Crippen molar-refractivity contribution in [1.29, 1.82) is 0 Å². The molecule has 1 aromatic carbocycles. The van der Waals surface area contributed by atoms with E-state index in [0.29, 0.717) is 19.4 Å². The van der Waals surface area contributed by atoms with E-state index in [9.17, 15) is 4.79 Å². The monoisotopic (exact) mass is 222 g/mol. The van der Waals surface area contributed by atoms with Gasteiger partial charge in [-0.15, -0.1) is 0 Å². The van der Waals surface area contributed by atoms with Crippen molar-refractivity contribution in [2.45, 2.75) is 19.3 Å². The van der Waals surface area contributed by atoms with E-state index in [1.807, 2.05) is 24.3 Å². The van der Waals surface area contributed by atoms with Crippen LogP contribution in [-0.2, 0) is 11.2 Å². The van der Waals surface area contributed by atoms with Gasteiger partial charge in [-0.1, -0.05) is 12.1 Å². The lowest BCUT2D eigenvalue weighted by molar-refractivity contribution is -0.116. The van der Waals surface area contributed by atoms with Crippen molar-refractivity contribution in [2.75, 3.05) is 18.5 Å². The van der Waals surface area contributed by atoms with Crippen molar-refractivity contribution in [3.05, 3.63) is 29.8 Å². The fourth-order valence-electron chi connectivity index (χ4n) is 1.38. The Kier molecular flexibility index (Phi) is 5.53. The first-order valence-electron chi connectivity index (χ1n) is 5.46. The largest absolute Gasteiger partial charge is 0.396 e. The number of benzene rings is 1. The van der Waals surface area contributed by atoms with Crippen molar-refractivity contribution < 1.29 is 9.90 Å². The lowest BCUT2D eigenvalue weighted by Gasteiger charge is -2.05. The molecule has 0 spiro atoms. The molecule has 1 aromatic rings. The Hall–Kier alpha value is -1.39. The third-order valence-electron chi connectivity index (χ3n) is 2.23. The molecule has 1 rings (SSSR count). The molecule has 0 heterocycles. The Labute approximate surface area is 95.5 Å². The van der Waals surface area contributed by atoms with Crippen LogP contribution in [0.1, 0.15) is 18.4 Å². The molecule has 88 valence electrons. The van der Waals surface area contributed by atoms with Gasteiger partial charge in [0.1, 0.15) is 0 Å². The summed E-state index contributed by atoms with van der Waals surface area (Å²) in [5.74, 6) is -0.0689. The fourth-order valence-corrected chi connectivity index (χ4v) is 1.38. The maximum atomic E-state index is 11.3. The number of aliphatic hydroxyl groups is 1. The lowest BCUT2D eigenvalue weighted by Crippen LogP contribution is -2.11. The summed E-state index contributed by atoms with van der Waals surface area (Å²) in [6.45, 7) is 0.672. The second kappa shape index (κ2) is 6.98. The molecule has 0 aliphatic rings. The van der Waals surface area contributed by atoms with Gasteiger partial charge in [0, 0.05) is 18.7 Å². The summed E-state index contributed by atoms with van der Waals surface area (Å²) in [6, 6.07) is 7.63. The highest BCUT2D eigenvalue weighted by Gasteiger charge is 2.01. The van der Waals surface area contributed by atoms with E-state index in [2.05, 4.69) is 5.32 Å². The Bertz CT molecular complexity index is 322. The minimum absolute atomic E-state index is 0.0445. The number of rotatable bonds is 6. The molecule has 0 aliphatic heterocycles. The van der Waals surface area contributed by atoms with Gasteiger partial charge in [0.25, 0.3) is 0 Å². The minimum atomic E-state index is -0.0689. The van der Waals surface area contributed by atoms with Gasteiger partial charge >= 0.3 is 0 Å². The van der Waals surface area contributed by atoms with E-state index in [0.717, 1.165) is 17.7 Å². The van der Waals surface area contributed by atoms with Gasteiger partial charge in [0.15, 0.2) is 0 Å². The van der Waals surface area contributed by atoms with E-state index in [1.165, 1.54) is 0 Å². The Morgan fingerprint density at radius 3 is 2.56 bits per heavy atom. The molecular weight excluding hydrogens is 204 g/mol. The first-order valence-corrected chi connectivity index (χ1v) is 5.46. The molecule has 0 atom stereocenters. The highest BCUT2D eigenvalue weighted by Crippen LogP contribution is 2.10. The first kappa shape index (κ1) is 12.7. The van der Waals surface area contributed by atoms with Gasteiger partial charge in [0.2, 0.25) is 5.91 Å². The standard InChI is InChI=1S/C12H18N2O2/c13-8-7-10-3-5-11(6-4-10)14-12(16)2-1-9-15/h3-6,15H,1-2,7-9,13H2,(H,14,16). The molecule has 0 radical (unpaired) electrons. The van der Waals surface area contributed by atoms with Crippen LogP contribution in [0, 0.1) is 0 Å². The van der Waals surface area contributed by atoms with E-state index >= 15 is 0 Å². The van der Waals surface area contributed by atoms with Crippen LogP contribution in [-0.4, -0.2) is 24.2 Å². The average molecular weight is 222 g/mol. The highest BCUT2D eigenvalue weighted by molar-refractivity contribution is 5.90. The number of amides is 1. The van der Waals surface area contributed by atoms with Gasteiger partial charge in [-0.2, -0.15) is 0 Å². The Morgan fingerprint density at radius 2 is 2.00 bits per heavy atom. The number of aliphatic hydroxyl groups excluding tert-OH is 1. The molecule has 4 heteroatoms. The van der Waals surface area contributed by atoms with Crippen LogP contribution in [0.5, 0.6) is 0 Å². The second-order valence-electron chi connectivity index (χ2n) is 3.61. The van der Waals surface area contributed by atoms with Crippen molar-refractivity contribution in [3.8, 4) is 0 Å². The average Bonchev–Trinajstić information content (AvgIpc) is 2.29. The van der Waals surface area contributed by atoms with Crippen molar-refractivity contribution in [1.82, 2.24) is 0 Å². The second-order valence-corrected chi connectivity index (χ2v) is 3.61. The quantitative estimate of drug-likeness (QED) is 0.669. The predicted molar refractivity (Wildman–Crippen MR) is 64.1 cm³/mol. The number of nitrogens with one attached hydrogen (secondary N) is 1. The topological polar surface area (TPSA) is 75.3 Å². The van der Waals surface area contributed by atoms with Crippen molar-refractivity contribution in [3.63, 3.8) is 0 Å². The molecule has 4 N–H and O–H groups in total. The zero-order chi connectivity index (χ0) is 11.8. The van der Waals surface area contributed by atoms with Crippen LogP contribution in [0.25, 0.3) is 0 Å². The summed E-state index contributed by atoms with van der Waals surface area (Å²) in [4.78, 5) is 11.3. The molecule has 4 nitrogen and oxygen atoms in total. The van der Waals surface area contributed by atoms with Gasteiger partial charge in [-0.3, -0.25) is 4.79 Å². The molecule has 0 aromatic heterocycles. The van der Waals surface area contributed by atoms with Gasteiger partial charge in [-0.05, 0) is 37.1 Å². The molecule has 0 saturated heterocycles. The molecule has 1 amide bonds. The van der Waals surface area contributed by atoms with E-state index < -0.39 is 0 Å². The molecule has 0 fully saturated rings. The van der Waals surface area contributed by atoms with Crippen LogP contribution in [0.4, 0.5) is 5.69 Å². The molecule has 0 bridgehead atoms. The van der Waals surface area contributed by atoms with Gasteiger partial charge < -0.3 is 16.2 Å². The van der Waals surface area contributed by atoms with Gasteiger partial charge in [-0.25, -0.2) is 0 Å². The lowest BCUT2D eigenvalue weighted by atomic mass is 10.1. The molecule has 16 heavy (non-hydrogen) atoms. The number of hydrogen-bond acceptors (Lipinski definition) is 3. The number of anilines is 1. The summed E-state index contributed by atoms with van der Waals surface area (Å²) >= 11 is 0. The maximum absolute atomic E-state index is 11.3. The predicted octanol–water partition coefficient (Wildman–Crippen LogP) is 0.899. The number of carbonyl (C=O) groups excluding carboxylic acids is 1. The number of carbonyl (C=O) groups is 1. The first-order chi connectivity index (χ1) is 7.76. The summed E-state index contributed by atoms with van der Waals surface area (Å²) in [5.41, 5.74) is 7.38. The van der Waals surface area contributed by atoms with Crippen LogP contribution < -0.4 is 11.1 Å². The SMILES string of the molecule is NCCc1ccc(NC(=O)CCCO)cc1. The summed E-state index contributed by atoms with van der Waals surface area (Å²) in [7, 11) is 0. The Balaban J connectivity index is 2.45. The molecule has 0 aliphatic carbocycles. The van der Waals surface area contributed by atoms with E-state index in [1.54, 1.807) is 0 Å². The summed E-state index contributed by atoms with van der Waals surface area (Å²) in [5, 5.41) is 11.3. The Morgan fingerprint density at radius 1 is 1.31 bits per heavy atom. The maximum Gasteiger partial charge on any atom is 0.224 e. The normalized spacial score (nSPS) is 10.1. The van der Waals surface area contributed by atoms with Crippen LogP contribution >= 0.6 is 0 Å². The fraction of sp³-hybridized carbons (Fsp3) is 0.417. The smallest absolute Gasteiger partial charge is 0.224 e. The molecule has 0 unspecified atom stereocenters.